The van der Waals surface area contributed by atoms with E-state index in [0.717, 1.165) is 38.5 Å². The number of hydrogen-bond donors (Lipinski definition) is 1. The number of ether oxygens (including phenoxy) is 1. The van der Waals surface area contributed by atoms with Gasteiger partial charge in [-0.25, -0.2) is 0 Å². The summed E-state index contributed by atoms with van der Waals surface area (Å²) in [4.78, 5) is 24.6. The molecule has 4 nitrogen and oxygen atoms in total. The van der Waals surface area contributed by atoms with E-state index >= 15 is 0 Å². The predicted octanol–water partition coefficient (Wildman–Crippen LogP) is 3.81. The van der Waals surface area contributed by atoms with Gasteiger partial charge in [0.2, 0.25) is 5.91 Å². The molecule has 2 saturated carbocycles. The van der Waals surface area contributed by atoms with E-state index in [-0.39, 0.29) is 23.5 Å². The molecular formula is C18H23NO3. The molecule has 0 saturated heterocycles. The van der Waals surface area contributed by atoms with Crippen LogP contribution in [0.4, 0.5) is 5.69 Å². The normalized spacial score (nSPS) is 18.8. The van der Waals surface area contributed by atoms with E-state index in [2.05, 4.69) is 5.32 Å². The second-order valence-corrected chi connectivity index (χ2v) is 6.38. The molecule has 0 aliphatic heterocycles. The largest absolute Gasteiger partial charge is 0.495 e. The minimum absolute atomic E-state index is 0.0283. The molecular weight excluding hydrogens is 278 g/mol. The average Bonchev–Trinajstić information content (AvgIpc) is 3.40. The first kappa shape index (κ1) is 15.1. The van der Waals surface area contributed by atoms with E-state index in [0.29, 0.717) is 17.0 Å². The second-order valence-electron chi connectivity index (χ2n) is 6.38. The van der Waals surface area contributed by atoms with Crippen LogP contribution in [0.1, 0.15) is 55.3 Å². The molecule has 0 bridgehead atoms. The number of Topliss-reactive ketones (excluding diaryl/α,β-unsaturated/α-hetero) is 1. The second kappa shape index (κ2) is 6.51. The highest BCUT2D eigenvalue weighted by Crippen LogP contribution is 2.34. The molecule has 0 atom stereocenters. The smallest absolute Gasteiger partial charge is 0.227 e. The summed E-state index contributed by atoms with van der Waals surface area (Å²) in [5.74, 6) is 1.09. The maximum Gasteiger partial charge on any atom is 0.227 e. The first-order valence-electron chi connectivity index (χ1n) is 8.22. The Morgan fingerprint density at radius 1 is 1.05 bits per heavy atom. The minimum Gasteiger partial charge on any atom is -0.495 e. The standard InChI is InChI=1S/C18H23NO3/c1-22-16-10-9-14(17(20)12-5-3-2-4-6-12)11-15(16)19-18(21)13-7-8-13/h9-13H,2-8H2,1H3,(H,19,21). The third kappa shape index (κ3) is 3.32. The molecule has 2 fully saturated rings. The lowest BCUT2D eigenvalue weighted by Crippen LogP contribution is -2.19. The summed E-state index contributed by atoms with van der Waals surface area (Å²) in [6.07, 6.45) is 7.37. The number of carbonyl (C=O) groups is 2. The highest BCUT2D eigenvalue weighted by atomic mass is 16.5. The summed E-state index contributed by atoms with van der Waals surface area (Å²) < 4.78 is 5.30. The fraction of sp³-hybridized carbons (Fsp3) is 0.556. The Labute approximate surface area is 131 Å². The summed E-state index contributed by atoms with van der Waals surface area (Å²) in [6, 6.07) is 5.36. The van der Waals surface area contributed by atoms with Crippen LogP contribution in [0.25, 0.3) is 0 Å². The Balaban J connectivity index is 1.79. The number of carbonyl (C=O) groups excluding carboxylic acids is 2. The quantitative estimate of drug-likeness (QED) is 0.841. The number of ketones is 1. The predicted molar refractivity (Wildman–Crippen MR) is 85.3 cm³/mol. The lowest BCUT2D eigenvalue weighted by Gasteiger charge is -2.21. The summed E-state index contributed by atoms with van der Waals surface area (Å²) >= 11 is 0. The van der Waals surface area contributed by atoms with Gasteiger partial charge in [-0.15, -0.1) is 0 Å². The molecule has 2 aliphatic carbocycles. The van der Waals surface area contributed by atoms with Crippen LogP contribution < -0.4 is 10.1 Å². The van der Waals surface area contributed by atoms with Crippen molar-refractivity contribution in [2.24, 2.45) is 11.8 Å². The number of methoxy groups -OCH3 is 1. The highest BCUT2D eigenvalue weighted by molar-refractivity contribution is 6.01. The van der Waals surface area contributed by atoms with Crippen LogP contribution in [0.2, 0.25) is 0 Å². The zero-order chi connectivity index (χ0) is 15.5. The van der Waals surface area contributed by atoms with Crippen molar-refractivity contribution in [3.63, 3.8) is 0 Å². The van der Waals surface area contributed by atoms with Crippen molar-refractivity contribution in [2.75, 3.05) is 12.4 Å². The topological polar surface area (TPSA) is 55.4 Å². The minimum atomic E-state index is 0.0283. The van der Waals surface area contributed by atoms with Crippen molar-refractivity contribution in [2.45, 2.75) is 44.9 Å². The van der Waals surface area contributed by atoms with Crippen molar-refractivity contribution in [1.82, 2.24) is 0 Å². The molecule has 118 valence electrons. The molecule has 0 unspecified atom stereocenters. The Morgan fingerprint density at radius 2 is 1.77 bits per heavy atom. The van der Waals surface area contributed by atoms with E-state index in [1.54, 1.807) is 19.2 Å². The summed E-state index contributed by atoms with van der Waals surface area (Å²) in [7, 11) is 1.57. The molecule has 0 heterocycles. The number of amides is 1. The van der Waals surface area contributed by atoms with Gasteiger partial charge in [-0.1, -0.05) is 19.3 Å². The lowest BCUT2D eigenvalue weighted by atomic mass is 9.84. The summed E-state index contributed by atoms with van der Waals surface area (Å²) in [5, 5.41) is 2.91. The molecule has 0 radical (unpaired) electrons. The van der Waals surface area contributed by atoms with Gasteiger partial charge in [0.25, 0.3) is 0 Å². The zero-order valence-corrected chi connectivity index (χ0v) is 13.1. The van der Waals surface area contributed by atoms with E-state index in [1.807, 2.05) is 6.07 Å². The van der Waals surface area contributed by atoms with Crippen molar-refractivity contribution >= 4 is 17.4 Å². The van der Waals surface area contributed by atoms with E-state index in [4.69, 9.17) is 4.74 Å². The maximum absolute atomic E-state index is 12.6. The van der Waals surface area contributed by atoms with Gasteiger partial charge in [-0.05, 0) is 43.9 Å². The van der Waals surface area contributed by atoms with E-state index < -0.39 is 0 Å². The van der Waals surface area contributed by atoms with Crippen LogP contribution in [0, 0.1) is 11.8 Å². The Hall–Kier alpha value is -1.84. The number of rotatable bonds is 5. The lowest BCUT2D eigenvalue weighted by molar-refractivity contribution is -0.117. The Bertz CT molecular complexity index is 572. The van der Waals surface area contributed by atoms with Crippen molar-refractivity contribution < 1.29 is 14.3 Å². The van der Waals surface area contributed by atoms with Crippen LogP contribution in [0.15, 0.2) is 18.2 Å². The van der Waals surface area contributed by atoms with Crippen LogP contribution in [0.5, 0.6) is 5.75 Å². The van der Waals surface area contributed by atoms with Gasteiger partial charge in [0, 0.05) is 17.4 Å². The molecule has 0 aromatic heterocycles. The van der Waals surface area contributed by atoms with Crippen LogP contribution >= 0.6 is 0 Å². The Morgan fingerprint density at radius 3 is 2.41 bits per heavy atom. The first-order chi connectivity index (χ1) is 10.7. The molecule has 0 spiro atoms. The maximum atomic E-state index is 12.6. The zero-order valence-electron chi connectivity index (χ0n) is 13.1. The van der Waals surface area contributed by atoms with E-state index in [1.165, 1.54) is 6.42 Å². The van der Waals surface area contributed by atoms with Crippen LogP contribution in [-0.2, 0) is 4.79 Å². The van der Waals surface area contributed by atoms with E-state index in [9.17, 15) is 9.59 Å². The third-order valence-electron chi connectivity index (χ3n) is 4.67. The molecule has 3 rings (SSSR count). The molecule has 22 heavy (non-hydrogen) atoms. The number of benzene rings is 1. The summed E-state index contributed by atoms with van der Waals surface area (Å²) in [5.41, 5.74) is 1.29. The molecule has 4 heteroatoms. The van der Waals surface area contributed by atoms with Crippen molar-refractivity contribution in [1.29, 1.82) is 0 Å². The molecule has 2 aliphatic rings. The van der Waals surface area contributed by atoms with Gasteiger partial charge in [0.05, 0.1) is 12.8 Å². The van der Waals surface area contributed by atoms with Crippen LogP contribution in [0.3, 0.4) is 0 Å². The van der Waals surface area contributed by atoms with Gasteiger partial charge in [0.1, 0.15) is 5.75 Å². The fourth-order valence-corrected chi connectivity index (χ4v) is 3.14. The van der Waals surface area contributed by atoms with Gasteiger partial charge >= 0.3 is 0 Å². The SMILES string of the molecule is COc1ccc(C(=O)C2CCCCC2)cc1NC(=O)C1CC1. The summed E-state index contributed by atoms with van der Waals surface area (Å²) in [6.45, 7) is 0. The highest BCUT2D eigenvalue weighted by Gasteiger charge is 2.30. The molecule has 1 aromatic carbocycles. The number of hydrogen-bond acceptors (Lipinski definition) is 3. The van der Waals surface area contributed by atoms with Gasteiger partial charge < -0.3 is 10.1 Å². The van der Waals surface area contributed by atoms with Crippen molar-refractivity contribution in [3.8, 4) is 5.75 Å². The first-order valence-corrected chi connectivity index (χ1v) is 8.22. The third-order valence-corrected chi connectivity index (χ3v) is 4.67. The molecule has 1 amide bonds. The molecule has 1 N–H and O–H groups in total. The average molecular weight is 301 g/mol. The van der Waals surface area contributed by atoms with Gasteiger partial charge in [-0.3, -0.25) is 9.59 Å². The monoisotopic (exact) mass is 301 g/mol. The number of anilines is 1. The van der Waals surface area contributed by atoms with Gasteiger partial charge in [-0.2, -0.15) is 0 Å². The van der Waals surface area contributed by atoms with Crippen molar-refractivity contribution in [3.05, 3.63) is 23.8 Å². The van der Waals surface area contributed by atoms with Gasteiger partial charge in [0.15, 0.2) is 5.78 Å². The fourth-order valence-electron chi connectivity index (χ4n) is 3.14. The Kier molecular flexibility index (Phi) is 4.46. The van der Waals surface area contributed by atoms with Crippen LogP contribution in [-0.4, -0.2) is 18.8 Å². The molecule has 1 aromatic rings. The number of nitrogens with one attached hydrogen (secondary N) is 1.